The Morgan fingerprint density at radius 3 is 0.817 bits per heavy atom. The summed E-state index contributed by atoms with van der Waals surface area (Å²) >= 11 is 0. The number of carboxylic acid groups (broad SMARTS) is 1. The van der Waals surface area contributed by atoms with Gasteiger partial charge in [0.1, 0.15) is 0 Å². The molecule has 0 rings (SSSR count). The summed E-state index contributed by atoms with van der Waals surface area (Å²) in [4.78, 5) is 120. The predicted octanol–water partition coefficient (Wildman–Crippen LogP) is 4.28. The summed E-state index contributed by atoms with van der Waals surface area (Å²) in [6, 6.07) is -4.60. The maximum Gasteiger partial charge on any atom is 0.305 e. The highest BCUT2D eigenvalue weighted by molar-refractivity contribution is 5.85. The largest absolute Gasteiger partial charge is 0.481 e. The zero-order valence-corrected chi connectivity index (χ0v) is 52.6. The van der Waals surface area contributed by atoms with E-state index >= 15 is 0 Å². The van der Waals surface area contributed by atoms with Crippen LogP contribution in [0.1, 0.15) is 218 Å². The van der Waals surface area contributed by atoms with Crippen molar-refractivity contribution in [3.63, 3.8) is 0 Å². The van der Waals surface area contributed by atoms with E-state index in [-0.39, 0.29) is 147 Å². The molecule has 9 atom stereocenters. The minimum Gasteiger partial charge on any atom is -0.481 e. The quantitative estimate of drug-likeness (QED) is 0.0379. The standard InChI is InChI=1S/C60H116N12O10/c1-37(2)25-46(68-52(73)28-43(19-13-16-22-61)65-57(78)34-49(64)40(7)8)31-55(76)71-50(41(9)10)35-58(79)66-44(20-14-17-23-62)29-53(74)69-47(26-38(3)4)32-56(77)72-51(42(11)12)36-59(80)67-45(21-15-18-24-63)30-54(75)70-48(27-39(5)6)33-60(81)82/h37-51H,13-36,61-64H2,1-12H3,(H,65,78)(H,66,79)(H,67,80)(H,68,73)(H,69,74)(H,70,75)(H,71,76)(H,72,77)(H,81,82)/t43-,44-,45-,46-,47-,48-,49+,50+,51+/m0/s1. The molecule has 0 unspecified atom stereocenters. The first kappa shape index (κ1) is 77.1. The van der Waals surface area contributed by atoms with E-state index in [4.69, 9.17) is 22.9 Å². The third-order valence-corrected chi connectivity index (χ3v) is 14.4. The fourth-order valence-corrected chi connectivity index (χ4v) is 9.90. The molecule has 0 bridgehead atoms. The lowest BCUT2D eigenvalue weighted by molar-refractivity contribution is -0.138. The van der Waals surface area contributed by atoms with Crippen LogP contribution >= 0.6 is 0 Å². The monoisotopic (exact) mass is 1160 g/mol. The summed E-state index contributed by atoms with van der Waals surface area (Å²) in [6.45, 7) is 24.7. The molecule has 0 aliphatic heterocycles. The van der Waals surface area contributed by atoms with Gasteiger partial charge in [-0.1, -0.05) is 102 Å². The smallest absolute Gasteiger partial charge is 0.305 e. The highest BCUT2D eigenvalue weighted by Crippen LogP contribution is 2.17. The fraction of sp³-hybridized carbons (Fsp3) is 0.850. The molecule has 476 valence electrons. The molecule has 0 aliphatic carbocycles. The minimum absolute atomic E-state index is 0.0240. The van der Waals surface area contributed by atoms with Crippen LogP contribution in [0.25, 0.3) is 0 Å². The molecule has 0 aromatic carbocycles. The molecule has 22 heteroatoms. The van der Waals surface area contributed by atoms with Gasteiger partial charge in [0.25, 0.3) is 0 Å². The Morgan fingerprint density at radius 1 is 0.317 bits per heavy atom. The first-order chi connectivity index (χ1) is 38.5. The predicted molar refractivity (Wildman–Crippen MR) is 324 cm³/mol. The number of carbonyl (C=O) groups excluding carboxylic acids is 8. The van der Waals surface area contributed by atoms with Gasteiger partial charge >= 0.3 is 5.97 Å². The Kier molecular flexibility index (Phi) is 41.1. The molecule has 0 saturated carbocycles. The normalized spacial score (nSPS) is 15.0. The van der Waals surface area contributed by atoms with E-state index < -0.39 is 54.3 Å². The summed E-state index contributed by atoms with van der Waals surface area (Å²) in [7, 11) is 0. The summed E-state index contributed by atoms with van der Waals surface area (Å²) in [5.41, 5.74) is 23.4. The Hall–Kier alpha value is -4.93. The van der Waals surface area contributed by atoms with Gasteiger partial charge in [-0.3, -0.25) is 43.2 Å². The molecule has 0 aromatic rings. The van der Waals surface area contributed by atoms with Crippen LogP contribution in [0.2, 0.25) is 0 Å². The van der Waals surface area contributed by atoms with Crippen molar-refractivity contribution in [3.05, 3.63) is 0 Å². The van der Waals surface area contributed by atoms with Gasteiger partial charge in [0, 0.05) is 106 Å². The van der Waals surface area contributed by atoms with Crippen LogP contribution in [0.15, 0.2) is 0 Å². The number of unbranched alkanes of at least 4 members (excludes halogenated alkanes) is 3. The van der Waals surface area contributed by atoms with Crippen LogP contribution in [0.3, 0.4) is 0 Å². The molecule has 0 spiro atoms. The lowest BCUT2D eigenvalue weighted by Gasteiger charge is -2.27. The second kappa shape index (κ2) is 43.7. The van der Waals surface area contributed by atoms with Crippen molar-refractivity contribution >= 4 is 53.2 Å². The molecule has 0 aliphatic rings. The van der Waals surface area contributed by atoms with Crippen LogP contribution in [0.4, 0.5) is 0 Å². The van der Waals surface area contributed by atoms with Crippen LogP contribution in [0, 0.1) is 35.5 Å². The van der Waals surface area contributed by atoms with Gasteiger partial charge in [-0.2, -0.15) is 0 Å². The first-order valence-electron chi connectivity index (χ1n) is 30.9. The molecule has 82 heavy (non-hydrogen) atoms. The maximum absolute atomic E-state index is 13.9. The summed E-state index contributed by atoms with van der Waals surface area (Å²) in [5, 5.41) is 33.4. The zero-order chi connectivity index (χ0) is 62.5. The maximum atomic E-state index is 13.9. The molecule has 0 aromatic heterocycles. The third-order valence-electron chi connectivity index (χ3n) is 14.4. The second-order valence-electron chi connectivity index (χ2n) is 25.3. The van der Waals surface area contributed by atoms with Crippen molar-refractivity contribution in [3.8, 4) is 0 Å². The molecule has 8 amide bonds. The third kappa shape index (κ3) is 39.5. The highest BCUT2D eigenvalue weighted by Gasteiger charge is 2.29. The van der Waals surface area contributed by atoms with E-state index in [1.807, 2.05) is 83.1 Å². The number of hydrogen-bond donors (Lipinski definition) is 13. The second-order valence-corrected chi connectivity index (χ2v) is 25.3. The van der Waals surface area contributed by atoms with Gasteiger partial charge in [-0.25, -0.2) is 0 Å². The van der Waals surface area contributed by atoms with Gasteiger partial charge in [0.2, 0.25) is 47.3 Å². The van der Waals surface area contributed by atoms with Gasteiger partial charge in [-0.05, 0) is 113 Å². The summed E-state index contributed by atoms with van der Waals surface area (Å²) in [5.74, 6) is -3.43. The van der Waals surface area contributed by atoms with Crippen LogP contribution in [0.5, 0.6) is 0 Å². The van der Waals surface area contributed by atoms with E-state index in [0.29, 0.717) is 83.8 Å². The van der Waals surface area contributed by atoms with Crippen molar-refractivity contribution in [2.75, 3.05) is 19.6 Å². The number of nitrogens with one attached hydrogen (secondary N) is 8. The van der Waals surface area contributed by atoms with Crippen LogP contribution in [-0.2, 0) is 43.2 Å². The zero-order valence-electron chi connectivity index (χ0n) is 52.6. The molecule has 17 N–H and O–H groups in total. The van der Waals surface area contributed by atoms with Crippen molar-refractivity contribution in [2.24, 2.45) is 58.4 Å². The van der Waals surface area contributed by atoms with Gasteiger partial charge in [0.05, 0.1) is 6.42 Å². The molecule has 22 nitrogen and oxygen atoms in total. The van der Waals surface area contributed by atoms with E-state index in [2.05, 4.69) is 42.5 Å². The Morgan fingerprint density at radius 2 is 0.561 bits per heavy atom. The summed E-state index contributed by atoms with van der Waals surface area (Å²) in [6.07, 6.45) is 6.77. The number of rotatable bonds is 47. The number of carbonyl (C=O) groups is 9. The topological polar surface area (TPSA) is 374 Å². The molecular weight excluding hydrogens is 1050 g/mol. The van der Waals surface area contributed by atoms with Crippen molar-refractivity contribution in [2.45, 2.75) is 272 Å². The first-order valence-corrected chi connectivity index (χ1v) is 30.9. The number of carboxylic acids is 1. The van der Waals surface area contributed by atoms with Crippen LogP contribution in [-0.4, -0.2) is 132 Å². The summed E-state index contributed by atoms with van der Waals surface area (Å²) < 4.78 is 0. The highest BCUT2D eigenvalue weighted by atomic mass is 16.4. The molecule has 0 heterocycles. The average molecular weight is 1170 g/mol. The number of aliphatic carboxylic acids is 1. The lowest BCUT2D eigenvalue weighted by atomic mass is 9.97. The Balaban J connectivity index is 5.97. The van der Waals surface area contributed by atoms with Gasteiger partial charge in [-0.15, -0.1) is 0 Å². The van der Waals surface area contributed by atoms with Gasteiger partial charge in [0.15, 0.2) is 0 Å². The number of nitrogens with two attached hydrogens (primary N) is 4. The van der Waals surface area contributed by atoms with E-state index in [1.54, 1.807) is 0 Å². The van der Waals surface area contributed by atoms with Crippen molar-refractivity contribution in [1.29, 1.82) is 0 Å². The molecule has 0 saturated heterocycles. The van der Waals surface area contributed by atoms with Crippen LogP contribution < -0.4 is 65.5 Å². The Bertz CT molecular complexity index is 1890. The minimum atomic E-state index is -1.01. The number of hydrogen-bond acceptors (Lipinski definition) is 13. The van der Waals surface area contributed by atoms with E-state index in [1.165, 1.54) is 0 Å². The number of amides is 8. The SMILES string of the molecule is CC(C)C[C@@H](CC(=O)O)NC(=O)C[C@H](CCCCN)NC(=O)C[C@@H](NC(=O)C[C@H](CC(C)C)NC(=O)C[C@H](CCCCN)NC(=O)C[C@@H](NC(=O)C[C@H](CC(C)C)NC(=O)C[C@H](CCCCN)NC(=O)C[C@@H](N)C(C)C)C(C)C)C(C)C. The Labute approximate surface area is 492 Å². The average Bonchev–Trinajstić information content (AvgIpc) is 3.35. The fourth-order valence-electron chi connectivity index (χ4n) is 9.90. The van der Waals surface area contributed by atoms with E-state index in [9.17, 15) is 48.3 Å². The van der Waals surface area contributed by atoms with E-state index in [0.717, 1.165) is 12.8 Å². The lowest BCUT2D eigenvalue weighted by Crippen LogP contribution is -2.48. The van der Waals surface area contributed by atoms with Crippen molar-refractivity contribution in [1.82, 2.24) is 42.5 Å². The molecule has 0 radical (unpaired) electrons. The molecular formula is C60H116N12O10. The van der Waals surface area contributed by atoms with Gasteiger partial charge < -0.3 is 70.6 Å². The van der Waals surface area contributed by atoms with Crippen molar-refractivity contribution < 1.29 is 48.3 Å². The molecule has 0 fully saturated rings.